The fourth-order valence-electron chi connectivity index (χ4n) is 1.92. The topological polar surface area (TPSA) is 25.8 Å². The van der Waals surface area contributed by atoms with E-state index in [9.17, 15) is 0 Å². The lowest BCUT2D eigenvalue weighted by atomic mass is 10.1. The summed E-state index contributed by atoms with van der Waals surface area (Å²) >= 11 is 11.5. The summed E-state index contributed by atoms with van der Waals surface area (Å²) in [5.74, 6) is 2.70. The van der Waals surface area contributed by atoms with Gasteiger partial charge < -0.3 is 0 Å². The van der Waals surface area contributed by atoms with Crippen molar-refractivity contribution in [3.05, 3.63) is 56.5 Å². The fraction of sp³-hybridized carbons (Fsp3) is 0.231. The molecule has 0 amide bonds. The smallest absolute Gasteiger partial charge is 0.137 e. The Morgan fingerprint density at radius 2 is 1.94 bits per heavy atom. The van der Waals surface area contributed by atoms with E-state index in [2.05, 4.69) is 38.0 Å². The van der Waals surface area contributed by atoms with E-state index in [1.807, 2.05) is 23.9 Å². The first kappa shape index (κ1) is 12.5. The van der Waals surface area contributed by atoms with Crippen LogP contribution in [0.15, 0.2) is 28.7 Å². The highest BCUT2D eigenvalue weighted by atomic mass is 79.9. The third-order valence-corrected chi connectivity index (χ3v) is 4.66. The first-order valence-electron chi connectivity index (χ1n) is 5.59. The second kappa shape index (κ2) is 5.19. The molecular formula is C13H10BrClN2S. The Bertz CT molecular complexity index is 586. The molecule has 18 heavy (non-hydrogen) atoms. The fourth-order valence-corrected chi connectivity index (χ4v) is 3.58. The number of hydrogen-bond donors (Lipinski definition) is 0. The average Bonchev–Trinajstić information content (AvgIpc) is 2.81. The summed E-state index contributed by atoms with van der Waals surface area (Å²) in [5, 5.41) is 0.622. The lowest BCUT2D eigenvalue weighted by Gasteiger charge is -2.05. The van der Waals surface area contributed by atoms with E-state index in [1.54, 1.807) is 0 Å². The summed E-state index contributed by atoms with van der Waals surface area (Å²) < 4.78 is 1.08. The van der Waals surface area contributed by atoms with Crippen LogP contribution in [0.5, 0.6) is 0 Å². The van der Waals surface area contributed by atoms with Crippen molar-refractivity contribution in [3.63, 3.8) is 0 Å². The van der Waals surface area contributed by atoms with E-state index in [0.717, 1.165) is 39.5 Å². The Morgan fingerprint density at radius 1 is 1.17 bits per heavy atom. The number of aromatic nitrogens is 2. The van der Waals surface area contributed by atoms with Crippen molar-refractivity contribution in [2.75, 3.05) is 0 Å². The molecular weight excluding hydrogens is 332 g/mol. The Morgan fingerprint density at radius 3 is 2.72 bits per heavy atom. The lowest BCUT2D eigenvalue weighted by Crippen LogP contribution is -2.02. The first-order chi connectivity index (χ1) is 8.72. The van der Waals surface area contributed by atoms with Gasteiger partial charge in [0.25, 0.3) is 0 Å². The van der Waals surface area contributed by atoms with Gasteiger partial charge in [-0.1, -0.05) is 39.7 Å². The molecule has 1 aliphatic rings. The molecule has 2 nitrogen and oxygen atoms in total. The molecule has 5 heteroatoms. The van der Waals surface area contributed by atoms with Gasteiger partial charge >= 0.3 is 0 Å². The summed E-state index contributed by atoms with van der Waals surface area (Å²) in [4.78, 5) is 9.00. The highest BCUT2D eigenvalue weighted by molar-refractivity contribution is 9.10. The van der Waals surface area contributed by atoms with Crippen molar-refractivity contribution in [1.82, 2.24) is 9.97 Å². The Hall–Kier alpha value is -0.580. The monoisotopic (exact) mass is 340 g/mol. The van der Waals surface area contributed by atoms with E-state index in [0.29, 0.717) is 5.15 Å². The minimum absolute atomic E-state index is 0.622. The van der Waals surface area contributed by atoms with Gasteiger partial charge in [-0.15, -0.1) is 0 Å². The van der Waals surface area contributed by atoms with Crippen LogP contribution in [-0.2, 0) is 17.9 Å². The number of nitrogens with zero attached hydrogens (tertiary/aromatic N) is 2. The van der Waals surface area contributed by atoms with Crippen LogP contribution in [0.4, 0.5) is 0 Å². The average molecular weight is 342 g/mol. The number of fused-ring (bicyclic) bond motifs is 1. The Labute approximate surface area is 123 Å². The summed E-state index contributed by atoms with van der Waals surface area (Å²) in [6, 6.07) is 8.20. The van der Waals surface area contributed by atoms with Gasteiger partial charge in [0, 0.05) is 28.0 Å². The molecule has 0 atom stereocenters. The molecule has 0 spiro atoms. The zero-order chi connectivity index (χ0) is 12.5. The van der Waals surface area contributed by atoms with Gasteiger partial charge in [-0.3, -0.25) is 0 Å². The second-order valence-corrected chi connectivity index (χ2v) is 6.41. The van der Waals surface area contributed by atoms with Crippen molar-refractivity contribution in [1.29, 1.82) is 0 Å². The number of benzene rings is 1. The van der Waals surface area contributed by atoms with Crippen molar-refractivity contribution in [2.24, 2.45) is 0 Å². The van der Waals surface area contributed by atoms with Crippen LogP contribution < -0.4 is 0 Å². The molecule has 0 aliphatic carbocycles. The SMILES string of the molecule is Clc1nc(Cc2ccc(Br)cc2)nc2c1CSC2. The van der Waals surface area contributed by atoms with Crippen LogP contribution in [-0.4, -0.2) is 9.97 Å². The predicted octanol–water partition coefficient (Wildman–Crippen LogP) is 4.23. The zero-order valence-corrected chi connectivity index (χ0v) is 12.6. The maximum atomic E-state index is 6.19. The Kier molecular flexibility index (Phi) is 3.59. The summed E-state index contributed by atoms with van der Waals surface area (Å²) in [6.07, 6.45) is 0.727. The van der Waals surface area contributed by atoms with Crippen LogP contribution >= 0.6 is 39.3 Å². The molecule has 2 heterocycles. The van der Waals surface area contributed by atoms with Gasteiger partial charge in [0.2, 0.25) is 0 Å². The molecule has 1 aliphatic heterocycles. The molecule has 0 saturated carbocycles. The third kappa shape index (κ3) is 2.56. The van der Waals surface area contributed by atoms with Crippen molar-refractivity contribution >= 4 is 39.3 Å². The highest BCUT2D eigenvalue weighted by Gasteiger charge is 2.18. The normalized spacial score (nSPS) is 13.7. The van der Waals surface area contributed by atoms with Crippen molar-refractivity contribution in [3.8, 4) is 0 Å². The standard InChI is InChI=1S/C13H10BrClN2S/c14-9-3-1-8(2-4-9)5-12-16-11-7-18-6-10(11)13(15)17-12/h1-4H,5-7H2. The van der Waals surface area contributed by atoms with Crippen LogP contribution in [0.3, 0.4) is 0 Å². The van der Waals surface area contributed by atoms with E-state index < -0.39 is 0 Å². The van der Waals surface area contributed by atoms with Gasteiger partial charge in [-0.2, -0.15) is 11.8 Å². The highest BCUT2D eigenvalue weighted by Crippen LogP contribution is 2.32. The quantitative estimate of drug-likeness (QED) is 0.765. The molecule has 0 bridgehead atoms. The summed E-state index contributed by atoms with van der Waals surface area (Å²) in [5.41, 5.74) is 3.41. The molecule has 0 fully saturated rings. The predicted molar refractivity (Wildman–Crippen MR) is 79.0 cm³/mol. The number of hydrogen-bond acceptors (Lipinski definition) is 3. The molecule has 92 valence electrons. The summed E-state index contributed by atoms with van der Waals surface area (Å²) in [7, 11) is 0. The maximum absolute atomic E-state index is 6.19. The second-order valence-electron chi connectivity index (χ2n) is 4.15. The van der Waals surface area contributed by atoms with Crippen LogP contribution in [0.1, 0.15) is 22.6 Å². The van der Waals surface area contributed by atoms with Crippen LogP contribution in [0.25, 0.3) is 0 Å². The lowest BCUT2D eigenvalue weighted by molar-refractivity contribution is 0.927. The van der Waals surface area contributed by atoms with Crippen LogP contribution in [0.2, 0.25) is 5.15 Å². The largest absolute Gasteiger partial charge is 0.236 e. The van der Waals surface area contributed by atoms with Gasteiger partial charge in [-0.05, 0) is 17.7 Å². The molecule has 0 unspecified atom stereocenters. The van der Waals surface area contributed by atoms with E-state index in [-0.39, 0.29) is 0 Å². The van der Waals surface area contributed by atoms with Gasteiger partial charge in [0.15, 0.2) is 0 Å². The number of halogens is 2. The van der Waals surface area contributed by atoms with E-state index >= 15 is 0 Å². The first-order valence-corrected chi connectivity index (χ1v) is 7.91. The number of thioether (sulfide) groups is 1. The molecule has 1 aromatic carbocycles. The van der Waals surface area contributed by atoms with Crippen molar-refractivity contribution in [2.45, 2.75) is 17.9 Å². The van der Waals surface area contributed by atoms with E-state index in [1.165, 1.54) is 5.56 Å². The van der Waals surface area contributed by atoms with Crippen molar-refractivity contribution < 1.29 is 0 Å². The zero-order valence-electron chi connectivity index (χ0n) is 9.49. The third-order valence-electron chi connectivity index (χ3n) is 2.85. The molecule has 2 aromatic rings. The molecule has 0 radical (unpaired) electrons. The molecule has 3 rings (SSSR count). The van der Waals surface area contributed by atoms with E-state index in [4.69, 9.17) is 11.6 Å². The van der Waals surface area contributed by atoms with Crippen LogP contribution in [0, 0.1) is 0 Å². The molecule has 1 aromatic heterocycles. The maximum Gasteiger partial charge on any atom is 0.137 e. The minimum atomic E-state index is 0.622. The van der Waals surface area contributed by atoms with Gasteiger partial charge in [0.05, 0.1) is 5.69 Å². The molecule has 0 saturated heterocycles. The summed E-state index contributed by atoms with van der Waals surface area (Å²) in [6.45, 7) is 0. The Balaban J connectivity index is 1.89. The molecule has 0 N–H and O–H groups in total. The number of rotatable bonds is 2. The van der Waals surface area contributed by atoms with Gasteiger partial charge in [0.1, 0.15) is 11.0 Å². The minimum Gasteiger partial charge on any atom is -0.236 e. The van der Waals surface area contributed by atoms with Gasteiger partial charge in [-0.25, -0.2) is 9.97 Å².